The summed E-state index contributed by atoms with van der Waals surface area (Å²) in [5.41, 5.74) is 0. The van der Waals surface area contributed by atoms with Gasteiger partial charge in [0.1, 0.15) is 5.75 Å². The molecule has 0 saturated carbocycles. The number of methoxy groups -OCH3 is 1. The van der Waals surface area contributed by atoms with E-state index in [4.69, 9.17) is 9.84 Å². The minimum absolute atomic E-state index is 0.317. The highest BCUT2D eigenvalue weighted by atomic mass is 32.2. The van der Waals surface area contributed by atoms with Crippen LogP contribution in [0.5, 0.6) is 5.75 Å². The van der Waals surface area contributed by atoms with Gasteiger partial charge in [0.25, 0.3) is 0 Å². The van der Waals surface area contributed by atoms with E-state index in [-0.39, 0.29) is 0 Å². The Labute approximate surface area is 76.6 Å². The number of hydrogen-bond acceptors (Lipinski definition) is 3. The average molecular weight is 184 g/mol. The first-order chi connectivity index (χ1) is 5.83. The van der Waals surface area contributed by atoms with E-state index in [2.05, 4.69) is 0 Å². The van der Waals surface area contributed by atoms with Gasteiger partial charge in [-0.05, 0) is 18.2 Å². The molecule has 1 aromatic carbocycles. The molecule has 66 valence electrons. The van der Waals surface area contributed by atoms with E-state index in [9.17, 15) is 0 Å². The molecular formula is C9H12O2S. The lowest BCUT2D eigenvalue weighted by molar-refractivity contribution is 0.218. The first-order valence-corrected chi connectivity index (χ1v) is 4.72. The van der Waals surface area contributed by atoms with Crippen LogP contribution in [0.15, 0.2) is 29.2 Å². The maximum absolute atomic E-state index is 9.13. The van der Waals surface area contributed by atoms with Crippen LogP contribution in [0, 0.1) is 0 Å². The van der Waals surface area contributed by atoms with Crippen LogP contribution in [0.4, 0.5) is 0 Å². The summed E-state index contributed by atoms with van der Waals surface area (Å²) in [6.07, 6.45) is 0. The number of hydrogen-bond donors (Lipinski definition) is 1. The molecule has 0 bridgehead atoms. The molecule has 0 spiro atoms. The van der Waals surface area contributed by atoms with Crippen LogP contribution in [-0.4, -0.2) is 24.6 Å². The molecule has 0 radical (unpaired) electrons. The Morgan fingerprint density at radius 1 is 1.50 bits per heavy atom. The second-order valence-corrected chi connectivity index (χ2v) is 3.51. The minimum Gasteiger partial charge on any atom is -0.508 e. The van der Waals surface area contributed by atoms with E-state index in [1.54, 1.807) is 31.0 Å². The fourth-order valence-corrected chi connectivity index (χ4v) is 1.68. The van der Waals surface area contributed by atoms with Crippen molar-refractivity contribution in [1.29, 1.82) is 0 Å². The van der Waals surface area contributed by atoms with E-state index in [0.717, 1.165) is 17.3 Å². The van der Waals surface area contributed by atoms with Gasteiger partial charge in [0.05, 0.1) is 6.61 Å². The SMILES string of the molecule is COCCSc1cccc(O)c1. The quantitative estimate of drug-likeness (QED) is 0.574. The van der Waals surface area contributed by atoms with Crippen LogP contribution in [0.2, 0.25) is 0 Å². The number of aromatic hydroxyl groups is 1. The van der Waals surface area contributed by atoms with Crippen molar-refractivity contribution in [3.63, 3.8) is 0 Å². The molecule has 1 N–H and O–H groups in total. The molecule has 0 aliphatic rings. The van der Waals surface area contributed by atoms with Gasteiger partial charge >= 0.3 is 0 Å². The van der Waals surface area contributed by atoms with Gasteiger partial charge in [-0.25, -0.2) is 0 Å². The topological polar surface area (TPSA) is 29.5 Å². The summed E-state index contributed by atoms with van der Waals surface area (Å²) < 4.78 is 4.91. The predicted octanol–water partition coefficient (Wildman–Crippen LogP) is 2.13. The number of phenolic OH excluding ortho intramolecular Hbond substituents is 1. The summed E-state index contributed by atoms with van der Waals surface area (Å²) in [7, 11) is 1.68. The molecule has 1 aromatic rings. The number of ether oxygens (including phenoxy) is 1. The smallest absolute Gasteiger partial charge is 0.116 e. The Balaban J connectivity index is 2.41. The minimum atomic E-state index is 0.317. The fraction of sp³-hybridized carbons (Fsp3) is 0.333. The molecule has 12 heavy (non-hydrogen) atoms. The summed E-state index contributed by atoms with van der Waals surface area (Å²) >= 11 is 1.67. The Bertz CT molecular complexity index is 238. The zero-order chi connectivity index (χ0) is 8.81. The first kappa shape index (κ1) is 9.42. The van der Waals surface area contributed by atoms with Gasteiger partial charge in [0.2, 0.25) is 0 Å². The van der Waals surface area contributed by atoms with Gasteiger partial charge < -0.3 is 9.84 Å². The third kappa shape index (κ3) is 3.15. The van der Waals surface area contributed by atoms with Crippen molar-refractivity contribution >= 4 is 11.8 Å². The van der Waals surface area contributed by atoms with E-state index in [0.29, 0.717) is 5.75 Å². The molecule has 0 aliphatic heterocycles. The lowest BCUT2D eigenvalue weighted by atomic mass is 10.3. The third-order valence-electron chi connectivity index (χ3n) is 1.37. The number of benzene rings is 1. The lowest BCUT2D eigenvalue weighted by Gasteiger charge is -2.00. The zero-order valence-corrected chi connectivity index (χ0v) is 7.80. The van der Waals surface area contributed by atoms with Gasteiger partial charge in [-0.15, -0.1) is 11.8 Å². The second kappa shape index (κ2) is 5.06. The average Bonchev–Trinajstić information content (AvgIpc) is 2.05. The number of rotatable bonds is 4. The molecule has 0 aliphatic carbocycles. The van der Waals surface area contributed by atoms with Gasteiger partial charge in [-0.2, -0.15) is 0 Å². The first-order valence-electron chi connectivity index (χ1n) is 3.73. The molecule has 1 rings (SSSR count). The Hall–Kier alpha value is -0.670. The summed E-state index contributed by atoms with van der Waals surface area (Å²) in [5, 5.41) is 9.13. The lowest BCUT2D eigenvalue weighted by Crippen LogP contribution is -1.90. The molecule has 0 heterocycles. The van der Waals surface area contributed by atoms with E-state index in [1.807, 2.05) is 12.1 Å². The predicted molar refractivity (Wildman–Crippen MR) is 50.7 cm³/mol. The summed E-state index contributed by atoms with van der Waals surface area (Å²) in [5.74, 6) is 1.23. The van der Waals surface area contributed by atoms with E-state index >= 15 is 0 Å². The molecule has 2 nitrogen and oxygen atoms in total. The van der Waals surface area contributed by atoms with Crippen LogP contribution in [-0.2, 0) is 4.74 Å². The number of thioether (sulfide) groups is 1. The van der Waals surface area contributed by atoms with Crippen molar-refractivity contribution < 1.29 is 9.84 Å². The Morgan fingerprint density at radius 2 is 2.33 bits per heavy atom. The van der Waals surface area contributed by atoms with Gasteiger partial charge in [-0.3, -0.25) is 0 Å². The van der Waals surface area contributed by atoms with Gasteiger partial charge in [-0.1, -0.05) is 6.07 Å². The van der Waals surface area contributed by atoms with Crippen LogP contribution < -0.4 is 0 Å². The van der Waals surface area contributed by atoms with Crippen molar-refractivity contribution in [2.45, 2.75) is 4.90 Å². The standard InChI is InChI=1S/C9H12O2S/c1-11-5-6-12-9-4-2-3-8(10)7-9/h2-4,7,10H,5-6H2,1H3. The maximum Gasteiger partial charge on any atom is 0.116 e. The Kier molecular flexibility index (Phi) is 3.97. The molecule has 0 saturated heterocycles. The van der Waals surface area contributed by atoms with Crippen LogP contribution in [0.25, 0.3) is 0 Å². The summed E-state index contributed by atoms with van der Waals surface area (Å²) in [6, 6.07) is 7.23. The summed E-state index contributed by atoms with van der Waals surface area (Å²) in [6.45, 7) is 0.736. The van der Waals surface area contributed by atoms with Crippen molar-refractivity contribution in [2.24, 2.45) is 0 Å². The Morgan fingerprint density at radius 3 is 3.00 bits per heavy atom. The monoisotopic (exact) mass is 184 g/mol. The molecule has 0 fully saturated rings. The highest BCUT2D eigenvalue weighted by Crippen LogP contribution is 2.21. The second-order valence-electron chi connectivity index (χ2n) is 2.34. The van der Waals surface area contributed by atoms with Crippen LogP contribution >= 0.6 is 11.8 Å². The highest BCUT2D eigenvalue weighted by molar-refractivity contribution is 7.99. The van der Waals surface area contributed by atoms with Gasteiger partial charge in [0, 0.05) is 17.8 Å². The van der Waals surface area contributed by atoms with Crippen molar-refractivity contribution in [1.82, 2.24) is 0 Å². The van der Waals surface area contributed by atoms with E-state index < -0.39 is 0 Å². The molecular weight excluding hydrogens is 172 g/mol. The fourth-order valence-electron chi connectivity index (χ4n) is 0.816. The van der Waals surface area contributed by atoms with Crippen molar-refractivity contribution in [3.8, 4) is 5.75 Å². The largest absolute Gasteiger partial charge is 0.508 e. The third-order valence-corrected chi connectivity index (χ3v) is 2.33. The molecule has 3 heteroatoms. The molecule has 0 atom stereocenters. The zero-order valence-electron chi connectivity index (χ0n) is 6.99. The van der Waals surface area contributed by atoms with Crippen molar-refractivity contribution in [2.75, 3.05) is 19.5 Å². The normalized spacial score (nSPS) is 10.1. The van der Waals surface area contributed by atoms with Crippen molar-refractivity contribution in [3.05, 3.63) is 24.3 Å². The summed E-state index contributed by atoms with van der Waals surface area (Å²) in [4.78, 5) is 1.08. The molecule has 0 aromatic heterocycles. The maximum atomic E-state index is 9.13. The molecule has 0 unspecified atom stereocenters. The van der Waals surface area contributed by atoms with E-state index in [1.165, 1.54) is 0 Å². The number of phenols is 1. The van der Waals surface area contributed by atoms with Crippen LogP contribution in [0.3, 0.4) is 0 Å². The van der Waals surface area contributed by atoms with Crippen LogP contribution in [0.1, 0.15) is 0 Å². The highest BCUT2D eigenvalue weighted by Gasteiger charge is 1.94. The van der Waals surface area contributed by atoms with Gasteiger partial charge in [0.15, 0.2) is 0 Å². The molecule has 0 amide bonds.